The number of aliphatic hydroxyl groups excluding tert-OH is 1. The predicted octanol–water partition coefficient (Wildman–Crippen LogP) is 1.93. The predicted molar refractivity (Wildman–Crippen MR) is 48.4 cm³/mol. The summed E-state index contributed by atoms with van der Waals surface area (Å²) in [6.07, 6.45) is -4.06. The van der Waals surface area contributed by atoms with E-state index < -0.39 is 18.8 Å². The van der Waals surface area contributed by atoms with Crippen LogP contribution in [0.25, 0.3) is 0 Å². The highest BCUT2D eigenvalue weighted by Gasteiger charge is 2.38. The largest absolute Gasteiger partial charge is 0.416 e. The highest BCUT2D eigenvalue weighted by molar-refractivity contribution is 4.98. The molecule has 0 aliphatic rings. The average Bonchev–Trinajstić information content (AvgIpc) is 2.50. The molecule has 86 valence electrons. The van der Waals surface area contributed by atoms with Crippen LogP contribution < -0.4 is 0 Å². The van der Waals surface area contributed by atoms with Gasteiger partial charge in [0, 0.05) is 18.3 Å². The van der Waals surface area contributed by atoms with E-state index in [-0.39, 0.29) is 5.92 Å². The maximum atomic E-state index is 12.1. The third-order valence-electron chi connectivity index (χ3n) is 2.01. The molecule has 1 rings (SSSR count). The van der Waals surface area contributed by atoms with Crippen LogP contribution in [0, 0.1) is 0 Å². The maximum Gasteiger partial charge on any atom is 0.416 e. The summed E-state index contributed by atoms with van der Waals surface area (Å²) in [5.41, 5.74) is 0. The van der Waals surface area contributed by atoms with Crippen LogP contribution in [0.1, 0.15) is 25.6 Å². The zero-order valence-electron chi connectivity index (χ0n) is 8.49. The van der Waals surface area contributed by atoms with Gasteiger partial charge in [-0.15, -0.1) is 0 Å². The number of hydrogen-bond acceptors (Lipinski definition) is 2. The van der Waals surface area contributed by atoms with Gasteiger partial charge in [0.05, 0.1) is 6.54 Å². The average molecular weight is 222 g/mol. The summed E-state index contributed by atoms with van der Waals surface area (Å²) in [6, 6.07) is 0. The molecule has 0 aromatic carbocycles. The monoisotopic (exact) mass is 222 g/mol. The van der Waals surface area contributed by atoms with Crippen molar-refractivity contribution in [2.75, 3.05) is 0 Å². The molecule has 1 N–H and O–H groups in total. The van der Waals surface area contributed by atoms with Gasteiger partial charge in [0.1, 0.15) is 5.82 Å². The maximum absolute atomic E-state index is 12.1. The molecule has 0 fully saturated rings. The molecular formula is C9H13F3N2O. The fourth-order valence-electron chi connectivity index (χ4n) is 1.27. The van der Waals surface area contributed by atoms with Crippen LogP contribution in [0.15, 0.2) is 12.4 Å². The smallest absolute Gasteiger partial charge is 0.382 e. The Balaban J connectivity index is 2.77. The van der Waals surface area contributed by atoms with Crippen LogP contribution in [0.5, 0.6) is 0 Å². The Hall–Kier alpha value is -1.04. The molecule has 0 aliphatic heterocycles. The Kier molecular flexibility index (Phi) is 3.38. The van der Waals surface area contributed by atoms with Gasteiger partial charge in [0.25, 0.3) is 0 Å². The number of rotatable bonds is 3. The summed E-state index contributed by atoms with van der Waals surface area (Å²) in [5, 5.41) is 8.89. The normalized spacial score (nSPS) is 14.6. The van der Waals surface area contributed by atoms with E-state index >= 15 is 0 Å². The first-order valence-electron chi connectivity index (χ1n) is 4.58. The van der Waals surface area contributed by atoms with Crippen molar-refractivity contribution in [1.29, 1.82) is 0 Å². The highest BCUT2D eigenvalue weighted by atomic mass is 19.4. The number of hydrogen-bond donors (Lipinski definition) is 1. The second-order valence-corrected chi connectivity index (χ2v) is 3.65. The lowest BCUT2D eigenvalue weighted by Gasteiger charge is -2.17. The molecular weight excluding hydrogens is 209 g/mol. The molecule has 0 radical (unpaired) electrons. The van der Waals surface area contributed by atoms with Gasteiger partial charge >= 0.3 is 6.18 Å². The lowest BCUT2D eigenvalue weighted by atomic mass is 10.2. The second-order valence-electron chi connectivity index (χ2n) is 3.65. The molecule has 3 nitrogen and oxygen atoms in total. The Morgan fingerprint density at radius 1 is 1.47 bits per heavy atom. The molecule has 0 saturated heterocycles. The molecule has 0 bridgehead atoms. The third kappa shape index (κ3) is 2.95. The fourth-order valence-corrected chi connectivity index (χ4v) is 1.27. The van der Waals surface area contributed by atoms with Crippen molar-refractivity contribution in [2.24, 2.45) is 0 Å². The number of nitrogens with zero attached hydrogens (tertiary/aromatic N) is 2. The standard InChI is InChI=1S/C9H13F3N2O/c1-6(2)8-13-3-4-14(8)5-7(15)9(10,11)12/h3-4,6-7,15H,5H2,1-2H3. The molecule has 1 aromatic heterocycles. The van der Waals surface area contributed by atoms with Crippen LogP contribution in [0.4, 0.5) is 13.2 Å². The third-order valence-corrected chi connectivity index (χ3v) is 2.01. The topological polar surface area (TPSA) is 38.0 Å². The Bertz CT molecular complexity index is 319. The fraction of sp³-hybridized carbons (Fsp3) is 0.667. The van der Waals surface area contributed by atoms with Crippen LogP contribution in [0.2, 0.25) is 0 Å². The Morgan fingerprint density at radius 3 is 2.53 bits per heavy atom. The summed E-state index contributed by atoms with van der Waals surface area (Å²) in [7, 11) is 0. The molecule has 0 aliphatic carbocycles. The van der Waals surface area contributed by atoms with Crippen molar-refractivity contribution < 1.29 is 18.3 Å². The van der Waals surface area contributed by atoms with Gasteiger partial charge in [-0.25, -0.2) is 4.98 Å². The van der Waals surface area contributed by atoms with Gasteiger partial charge in [-0.1, -0.05) is 13.8 Å². The Morgan fingerprint density at radius 2 is 2.07 bits per heavy atom. The van der Waals surface area contributed by atoms with Crippen molar-refractivity contribution >= 4 is 0 Å². The van der Waals surface area contributed by atoms with Crippen molar-refractivity contribution in [3.8, 4) is 0 Å². The number of alkyl halides is 3. The molecule has 1 aromatic rings. The van der Waals surface area contributed by atoms with Crippen molar-refractivity contribution in [3.05, 3.63) is 18.2 Å². The zero-order chi connectivity index (χ0) is 11.6. The minimum Gasteiger partial charge on any atom is -0.382 e. The molecule has 0 saturated carbocycles. The lowest BCUT2D eigenvalue weighted by Crippen LogP contribution is -2.33. The van der Waals surface area contributed by atoms with E-state index in [1.54, 1.807) is 0 Å². The van der Waals surface area contributed by atoms with Crippen molar-refractivity contribution in [2.45, 2.75) is 38.6 Å². The van der Waals surface area contributed by atoms with E-state index in [4.69, 9.17) is 5.11 Å². The van der Waals surface area contributed by atoms with Gasteiger partial charge in [-0.2, -0.15) is 13.2 Å². The highest BCUT2D eigenvalue weighted by Crippen LogP contribution is 2.22. The molecule has 0 spiro atoms. The summed E-state index contributed by atoms with van der Waals surface area (Å²) < 4.78 is 37.6. The molecule has 1 atom stereocenters. The quantitative estimate of drug-likeness (QED) is 0.848. The zero-order valence-corrected chi connectivity index (χ0v) is 8.49. The van der Waals surface area contributed by atoms with Gasteiger partial charge < -0.3 is 9.67 Å². The van der Waals surface area contributed by atoms with Crippen molar-refractivity contribution in [3.63, 3.8) is 0 Å². The van der Waals surface area contributed by atoms with Crippen LogP contribution >= 0.6 is 0 Å². The van der Waals surface area contributed by atoms with E-state index in [0.717, 1.165) is 0 Å². The van der Waals surface area contributed by atoms with Crippen LogP contribution in [-0.2, 0) is 6.54 Å². The van der Waals surface area contributed by atoms with Gasteiger partial charge in [0.2, 0.25) is 0 Å². The van der Waals surface area contributed by atoms with Gasteiger partial charge in [0.15, 0.2) is 6.10 Å². The Labute approximate surface area is 85.6 Å². The first kappa shape index (κ1) is 12.0. The minimum atomic E-state index is -4.58. The first-order chi connectivity index (χ1) is 6.82. The number of imidazole rings is 1. The first-order valence-corrected chi connectivity index (χ1v) is 4.58. The number of aliphatic hydroxyl groups is 1. The number of halogens is 3. The van der Waals surface area contributed by atoms with Gasteiger partial charge in [-0.3, -0.25) is 0 Å². The SMILES string of the molecule is CC(C)c1nccn1CC(O)C(F)(F)F. The molecule has 0 amide bonds. The number of aromatic nitrogens is 2. The van der Waals surface area contributed by atoms with Gasteiger partial charge in [-0.05, 0) is 0 Å². The summed E-state index contributed by atoms with van der Waals surface area (Å²) in [4.78, 5) is 3.94. The van der Waals surface area contributed by atoms with Crippen LogP contribution in [-0.4, -0.2) is 26.9 Å². The molecule has 1 heterocycles. The van der Waals surface area contributed by atoms with E-state index in [1.165, 1.54) is 17.0 Å². The summed E-state index contributed by atoms with van der Waals surface area (Å²) in [6.45, 7) is 3.16. The van der Waals surface area contributed by atoms with E-state index in [2.05, 4.69) is 4.98 Å². The molecule has 15 heavy (non-hydrogen) atoms. The summed E-state index contributed by atoms with van der Waals surface area (Å²) in [5.74, 6) is 0.568. The van der Waals surface area contributed by atoms with E-state index in [1.807, 2.05) is 13.8 Å². The molecule has 1 unspecified atom stereocenters. The van der Waals surface area contributed by atoms with E-state index in [9.17, 15) is 13.2 Å². The van der Waals surface area contributed by atoms with E-state index in [0.29, 0.717) is 5.82 Å². The van der Waals surface area contributed by atoms with Crippen LogP contribution in [0.3, 0.4) is 0 Å². The van der Waals surface area contributed by atoms with Crippen molar-refractivity contribution in [1.82, 2.24) is 9.55 Å². The lowest BCUT2D eigenvalue weighted by molar-refractivity contribution is -0.207. The molecule has 6 heteroatoms. The minimum absolute atomic E-state index is 0.0282. The second kappa shape index (κ2) is 4.22. The summed E-state index contributed by atoms with van der Waals surface area (Å²) >= 11 is 0.